The van der Waals surface area contributed by atoms with Crippen molar-refractivity contribution in [2.75, 3.05) is 13.7 Å². The summed E-state index contributed by atoms with van der Waals surface area (Å²) >= 11 is 0. The van der Waals surface area contributed by atoms with Crippen molar-refractivity contribution >= 4 is 5.96 Å². The maximum Gasteiger partial charge on any atom is 0.191 e. The number of benzene rings is 1. The van der Waals surface area contributed by atoms with E-state index in [1.54, 1.807) is 13.3 Å². The molecule has 0 bridgehead atoms. The molecule has 1 fully saturated rings. The lowest BCUT2D eigenvalue weighted by molar-refractivity contribution is 0.207. The first-order valence-corrected chi connectivity index (χ1v) is 10.0. The first-order valence-electron chi connectivity index (χ1n) is 10.0. The molecular formula is C21H31N5O2. The normalized spacial score (nSPS) is 14.9. The maximum absolute atomic E-state index is 6.27. The van der Waals surface area contributed by atoms with E-state index in [0.29, 0.717) is 19.2 Å². The standard InChI is InChI=1S/C21H31N5O2/c1-4-22-21(24-15-17-11-12-25-26(17)2)23-14-16-9-10-19(27-3)13-20(16)28-18-7-5-6-8-18/h9-13,18H,4-8,14-15H2,1-3H3,(H2,22,23,24). The van der Waals surface area contributed by atoms with Crippen molar-refractivity contribution in [3.8, 4) is 11.5 Å². The summed E-state index contributed by atoms with van der Waals surface area (Å²) in [7, 11) is 3.61. The van der Waals surface area contributed by atoms with E-state index < -0.39 is 0 Å². The number of nitrogens with zero attached hydrogens (tertiary/aromatic N) is 3. The van der Waals surface area contributed by atoms with Crippen LogP contribution in [-0.4, -0.2) is 35.5 Å². The van der Waals surface area contributed by atoms with Crippen LogP contribution >= 0.6 is 0 Å². The summed E-state index contributed by atoms with van der Waals surface area (Å²) in [6, 6.07) is 7.96. The number of aryl methyl sites for hydroxylation is 1. The average molecular weight is 386 g/mol. The van der Waals surface area contributed by atoms with E-state index in [0.717, 1.165) is 48.1 Å². The third-order valence-corrected chi connectivity index (χ3v) is 4.98. The molecular weight excluding hydrogens is 354 g/mol. The lowest BCUT2D eigenvalue weighted by atomic mass is 10.2. The molecule has 0 amide bonds. The largest absolute Gasteiger partial charge is 0.497 e. The summed E-state index contributed by atoms with van der Waals surface area (Å²) in [4.78, 5) is 4.75. The van der Waals surface area contributed by atoms with Crippen LogP contribution < -0.4 is 20.1 Å². The van der Waals surface area contributed by atoms with Gasteiger partial charge in [-0.05, 0) is 50.8 Å². The molecule has 0 aliphatic heterocycles. The Morgan fingerprint density at radius 1 is 1.25 bits per heavy atom. The van der Waals surface area contributed by atoms with Gasteiger partial charge in [0.1, 0.15) is 11.5 Å². The van der Waals surface area contributed by atoms with Crippen LogP contribution in [0.4, 0.5) is 0 Å². The molecule has 1 aromatic heterocycles. The number of hydrogen-bond acceptors (Lipinski definition) is 4. The lowest BCUT2D eigenvalue weighted by Crippen LogP contribution is -2.37. The van der Waals surface area contributed by atoms with Crippen LogP contribution in [0.3, 0.4) is 0 Å². The molecule has 7 heteroatoms. The second kappa shape index (κ2) is 10.0. The van der Waals surface area contributed by atoms with E-state index >= 15 is 0 Å². The van der Waals surface area contributed by atoms with Crippen LogP contribution in [0.15, 0.2) is 35.5 Å². The van der Waals surface area contributed by atoms with Crippen LogP contribution in [0.25, 0.3) is 0 Å². The average Bonchev–Trinajstić information content (AvgIpc) is 3.36. The Hall–Kier alpha value is -2.70. The van der Waals surface area contributed by atoms with Crippen molar-refractivity contribution in [3.05, 3.63) is 41.7 Å². The minimum Gasteiger partial charge on any atom is -0.497 e. The van der Waals surface area contributed by atoms with E-state index in [9.17, 15) is 0 Å². The van der Waals surface area contributed by atoms with E-state index in [1.165, 1.54) is 12.8 Å². The minimum atomic E-state index is 0.297. The number of aromatic nitrogens is 2. The Balaban J connectivity index is 1.70. The van der Waals surface area contributed by atoms with Crippen molar-refractivity contribution in [1.82, 2.24) is 20.4 Å². The zero-order valence-corrected chi connectivity index (χ0v) is 17.1. The molecule has 152 valence electrons. The first-order chi connectivity index (χ1) is 13.7. The van der Waals surface area contributed by atoms with Gasteiger partial charge < -0.3 is 20.1 Å². The van der Waals surface area contributed by atoms with Crippen molar-refractivity contribution in [3.63, 3.8) is 0 Å². The molecule has 1 heterocycles. The highest BCUT2D eigenvalue weighted by molar-refractivity contribution is 5.79. The second-order valence-electron chi connectivity index (χ2n) is 6.99. The van der Waals surface area contributed by atoms with E-state index in [4.69, 9.17) is 14.5 Å². The van der Waals surface area contributed by atoms with Gasteiger partial charge in [-0.3, -0.25) is 4.68 Å². The maximum atomic E-state index is 6.27. The molecule has 1 aromatic carbocycles. The van der Waals surface area contributed by atoms with Gasteiger partial charge in [0.25, 0.3) is 0 Å². The molecule has 1 aliphatic carbocycles. The third kappa shape index (κ3) is 5.41. The Morgan fingerprint density at radius 2 is 2.07 bits per heavy atom. The number of hydrogen-bond donors (Lipinski definition) is 2. The molecule has 7 nitrogen and oxygen atoms in total. The van der Waals surface area contributed by atoms with Crippen molar-refractivity contribution in [2.24, 2.45) is 12.0 Å². The van der Waals surface area contributed by atoms with Crippen LogP contribution in [0, 0.1) is 0 Å². The summed E-state index contributed by atoms with van der Waals surface area (Å²) in [5.41, 5.74) is 2.16. The zero-order valence-electron chi connectivity index (χ0n) is 17.1. The highest BCUT2D eigenvalue weighted by Gasteiger charge is 2.18. The summed E-state index contributed by atoms with van der Waals surface area (Å²) in [5, 5.41) is 10.9. The molecule has 1 saturated carbocycles. The van der Waals surface area contributed by atoms with Crippen LogP contribution in [0.5, 0.6) is 11.5 Å². The van der Waals surface area contributed by atoms with Gasteiger partial charge in [-0.1, -0.05) is 0 Å². The molecule has 2 aromatic rings. The van der Waals surface area contributed by atoms with Gasteiger partial charge in [-0.25, -0.2) is 4.99 Å². The zero-order chi connectivity index (χ0) is 19.8. The Kier molecular flexibility index (Phi) is 7.17. The summed E-state index contributed by atoms with van der Waals surface area (Å²) in [6.07, 6.45) is 6.82. The van der Waals surface area contributed by atoms with Crippen LogP contribution in [-0.2, 0) is 20.1 Å². The molecule has 28 heavy (non-hydrogen) atoms. The van der Waals surface area contributed by atoms with Crippen molar-refractivity contribution in [1.29, 1.82) is 0 Å². The number of nitrogens with one attached hydrogen (secondary N) is 2. The van der Waals surface area contributed by atoms with Crippen LogP contribution in [0.2, 0.25) is 0 Å². The molecule has 1 aliphatic rings. The fraction of sp³-hybridized carbons (Fsp3) is 0.524. The third-order valence-electron chi connectivity index (χ3n) is 4.98. The molecule has 2 N–H and O–H groups in total. The SMILES string of the molecule is CCNC(=NCc1ccc(OC)cc1OC1CCCC1)NCc1ccnn1C. The molecule has 0 atom stereocenters. The highest BCUT2D eigenvalue weighted by Crippen LogP contribution is 2.30. The summed E-state index contributed by atoms with van der Waals surface area (Å²) in [6.45, 7) is 4.05. The number of ether oxygens (including phenoxy) is 2. The minimum absolute atomic E-state index is 0.297. The van der Waals surface area contributed by atoms with Gasteiger partial charge in [-0.2, -0.15) is 5.10 Å². The topological polar surface area (TPSA) is 72.7 Å². The van der Waals surface area contributed by atoms with E-state index in [-0.39, 0.29) is 0 Å². The molecule has 0 spiro atoms. The fourth-order valence-corrected chi connectivity index (χ4v) is 3.34. The number of methoxy groups -OCH3 is 1. The monoisotopic (exact) mass is 385 g/mol. The predicted molar refractivity (Wildman–Crippen MR) is 111 cm³/mol. The Morgan fingerprint density at radius 3 is 2.75 bits per heavy atom. The quantitative estimate of drug-likeness (QED) is 0.540. The number of guanidine groups is 1. The van der Waals surface area contributed by atoms with Crippen molar-refractivity contribution < 1.29 is 9.47 Å². The number of rotatable bonds is 8. The lowest BCUT2D eigenvalue weighted by Gasteiger charge is -2.17. The van der Waals surface area contributed by atoms with Gasteiger partial charge in [0, 0.05) is 31.4 Å². The van der Waals surface area contributed by atoms with Crippen molar-refractivity contribution in [2.45, 2.75) is 51.8 Å². The van der Waals surface area contributed by atoms with Crippen LogP contribution in [0.1, 0.15) is 43.9 Å². The number of aliphatic imine (C=N–C) groups is 1. The van der Waals surface area contributed by atoms with Gasteiger partial charge in [0.2, 0.25) is 0 Å². The molecule has 0 radical (unpaired) electrons. The van der Waals surface area contributed by atoms with Gasteiger partial charge in [-0.15, -0.1) is 0 Å². The first kappa shape index (κ1) is 20.0. The Bertz CT molecular complexity index is 781. The van der Waals surface area contributed by atoms with E-state index in [1.807, 2.05) is 36.0 Å². The predicted octanol–water partition coefficient (Wildman–Crippen LogP) is 3.01. The highest BCUT2D eigenvalue weighted by atomic mass is 16.5. The fourth-order valence-electron chi connectivity index (χ4n) is 3.34. The molecule has 0 unspecified atom stereocenters. The molecule has 3 rings (SSSR count). The summed E-state index contributed by atoms with van der Waals surface area (Å²) < 4.78 is 13.5. The summed E-state index contributed by atoms with van der Waals surface area (Å²) in [5.74, 6) is 2.45. The van der Waals surface area contributed by atoms with E-state index in [2.05, 4.69) is 22.7 Å². The van der Waals surface area contributed by atoms with Gasteiger partial charge in [0.05, 0.1) is 32.0 Å². The van der Waals surface area contributed by atoms with Gasteiger partial charge >= 0.3 is 0 Å². The molecule has 0 saturated heterocycles. The second-order valence-corrected chi connectivity index (χ2v) is 6.99. The Labute approximate surface area is 167 Å². The van der Waals surface area contributed by atoms with Gasteiger partial charge in [0.15, 0.2) is 5.96 Å². The smallest absolute Gasteiger partial charge is 0.191 e.